The second-order valence-electron chi connectivity index (χ2n) is 4.19. The van der Waals surface area contributed by atoms with E-state index in [4.69, 9.17) is 0 Å². The maximum atomic E-state index is 12.2. The Bertz CT molecular complexity index is 474. The van der Waals surface area contributed by atoms with E-state index in [0.717, 1.165) is 0 Å². The first-order valence-corrected chi connectivity index (χ1v) is 6.39. The molecule has 0 aliphatic heterocycles. The lowest BCUT2D eigenvalue weighted by Gasteiger charge is -2.18. The molecular formula is C12H15BrN2O3. The Kier molecular flexibility index (Phi) is 4.84. The molecule has 0 aromatic heterocycles. The number of amides is 1. The fourth-order valence-corrected chi connectivity index (χ4v) is 2.17. The summed E-state index contributed by atoms with van der Waals surface area (Å²) in [6.45, 7) is 4.03. The summed E-state index contributed by atoms with van der Waals surface area (Å²) < 4.78 is 0. The van der Waals surface area contributed by atoms with Crippen LogP contribution in [0.4, 0.5) is 5.69 Å². The molecule has 18 heavy (non-hydrogen) atoms. The van der Waals surface area contributed by atoms with E-state index in [2.05, 4.69) is 15.9 Å². The molecule has 0 saturated heterocycles. The summed E-state index contributed by atoms with van der Waals surface area (Å²) in [5.74, 6) is -0.336. The molecular weight excluding hydrogens is 300 g/mol. The van der Waals surface area contributed by atoms with Crippen molar-refractivity contribution in [1.29, 1.82) is 0 Å². The van der Waals surface area contributed by atoms with Crippen molar-refractivity contribution in [3.05, 3.63) is 39.4 Å². The second-order valence-corrected chi connectivity index (χ2v) is 5.76. The van der Waals surface area contributed by atoms with E-state index in [1.807, 2.05) is 6.92 Å². The average molecular weight is 315 g/mol. The van der Waals surface area contributed by atoms with E-state index in [9.17, 15) is 14.9 Å². The van der Waals surface area contributed by atoms with Gasteiger partial charge < -0.3 is 4.90 Å². The Hall–Kier alpha value is -1.43. The van der Waals surface area contributed by atoms with Gasteiger partial charge in [-0.1, -0.05) is 35.0 Å². The Labute approximate surface area is 114 Å². The minimum atomic E-state index is -0.506. The molecule has 6 heteroatoms. The van der Waals surface area contributed by atoms with Crippen LogP contribution in [0.5, 0.6) is 0 Å². The monoisotopic (exact) mass is 314 g/mol. The van der Waals surface area contributed by atoms with Gasteiger partial charge in [-0.2, -0.15) is 0 Å². The minimum Gasteiger partial charge on any atom is -0.340 e. The number of nitro groups is 1. The summed E-state index contributed by atoms with van der Waals surface area (Å²) in [6, 6.07) is 4.77. The first-order chi connectivity index (χ1) is 8.34. The standard InChI is InChI=1S/C12H15BrN2O3/c1-8-5-4-6-10(11(8)15(17)18)12(16)14(3)7-9(2)13/h4-6,9H,7H2,1-3H3. The van der Waals surface area contributed by atoms with Crippen LogP contribution in [0.15, 0.2) is 18.2 Å². The molecule has 98 valence electrons. The van der Waals surface area contributed by atoms with E-state index in [1.54, 1.807) is 26.1 Å². The van der Waals surface area contributed by atoms with E-state index in [-0.39, 0.29) is 22.0 Å². The number of aryl methyl sites for hydroxylation is 1. The summed E-state index contributed by atoms with van der Waals surface area (Å²) in [5.41, 5.74) is 0.512. The lowest BCUT2D eigenvalue weighted by Crippen LogP contribution is -2.31. The molecule has 0 bridgehead atoms. The van der Waals surface area contributed by atoms with E-state index in [1.165, 1.54) is 11.0 Å². The molecule has 1 aromatic rings. The molecule has 0 aliphatic carbocycles. The Morgan fingerprint density at radius 1 is 1.56 bits per heavy atom. The third kappa shape index (κ3) is 3.29. The van der Waals surface area contributed by atoms with Gasteiger partial charge in [-0.25, -0.2) is 0 Å². The van der Waals surface area contributed by atoms with E-state index < -0.39 is 4.92 Å². The zero-order valence-electron chi connectivity index (χ0n) is 10.5. The van der Waals surface area contributed by atoms with Gasteiger partial charge in [0.2, 0.25) is 0 Å². The van der Waals surface area contributed by atoms with Crippen LogP contribution in [0.3, 0.4) is 0 Å². The fraction of sp³-hybridized carbons (Fsp3) is 0.417. The number of carbonyl (C=O) groups is 1. The maximum Gasteiger partial charge on any atom is 0.285 e. The predicted molar refractivity (Wildman–Crippen MR) is 73.2 cm³/mol. The van der Waals surface area contributed by atoms with Crippen LogP contribution in [0.2, 0.25) is 0 Å². The maximum absolute atomic E-state index is 12.2. The lowest BCUT2D eigenvalue weighted by atomic mass is 10.1. The molecule has 1 amide bonds. The van der Waals surface area contributed by atoms with Crippen molar-refractivity contribution in [1.82, 2.24) is 4.90 Å². The number of rotatable bonds is 4. The van der Waals surface area contributed by atoms with Crippen LogP contribution in [-0.2, 0) is 0 Å². The minimum absolute atomic E-state index is 0.114. The van der Waals surface area contributed by atoms with Crippen LogP contribution in [0.1, 0.15) is 22.8 Å². The van der Waals surface area contributed by atoms with E-state index in [0.29, 0.717) is 12.1 Å². The topological polar surface area (TPSA) is 63.5 Å². The molecule has 0 saturated carbocycles. The highest BCUT2D eigenvalue weighted by atomic mass is 79.9. The Morgan fingerprint density at radius 2 is 2.17 bits per heavy atom. The Balaban J connectivity index is 3.13. The molecule has 1 rings (SSSR count). The third-order valence-electron chi connectivity index (χ3n) is 2.52. The molecule has 0 radical (unpaired) electrons. The van der Waals surface area contributed by atoms with Gasteiger partial charge >= 0.3 is 0 Å². The van der Waals surface area contributed by atoms with Gasteiger partial charge in [0.25, 0.3) is 11.6 Å². The number of alkyl halides is 1. The van der Waals surface area contributed by atoms with Gasteiger partial charge in [0.05, 0.1) is 4.92 Å². The van der Waals surface area contributed by atoms with Gasteiger partial charge in [0.1, 0.15) is 5.56 Å². The summed E-state index contributed by atoms with van der Waals surface area (Å²) in [5, 5.41) is 11.0. The van der Waals surface area contributed by atoms with Gasteiger partial charge in [0.15, 0.2) is 0 Å². The van der Waals surface area contributed by atoms with Crippen molar-refractivity contribution in [2.24, 2.45) is 0 Å². The fourth-order valence-electron chi connectivity index (χ4n) is 1.74. The normalized spacial score (nSPS) is 12.0. The summed E-state index contributed by atoms with van der Waals surface area (Å²) >= 11 is 3.35. The summed E-state index contributed by atoms with van der Waals surface area (Å²) in [6.07, 6.45) is 0. The van der Waals surface area contributed by atoms with Crippen molar-refractivity contribution >= 4 is 27.5 Å². The highest BCUT2D eigenvalue weighted by Gasteiger charge is 2.24. The van der Waals surface area contributed by atoms with Crippen molar-refractivity contribution in [3.63, 3.8) is 0 Å². The van der Waals surface area contributed by atoms with Gasteiger partial charge in [-0.15, -0.1) is 0 Å². The molecule has 0 aliphatic rings. The Morgan fingerprint density at radius 3 is 2.67 bits per heavy atom. The van der Waals surface area contributed by atoms with Crippen molar-refractivity contribution in [2.75, 3.05) is 13.6 Å². The van der Waals surface area contributed by atoms with Crippen molar-refractivity contribution < 1.29 is 9.72 Å². The highest BCUT2D eigenvalue weighted by molar-refractivity contribution is 9.09. The van der Waals surface area contributed by atoms with Gasteiger partial charge in [-0.05, 0) is 13.0 Å². The van der Waals surface area contributed by atoms with Crippen LogP contribution < -0.4 is 0 Å². The molecule has 1 unspecified atom stereocenters. The van der Waals surface area contributed by atoms with Gasteiger partial charge in [0, 0.05) is 24.0 Å². The number of carbonyl (C=O) groups excluding carboxylic acids is 1. The number of hydrogen-bond acceptors (Lipinski definition) is 3. The molecule has 0 N–H and O–H groups in total. The van der Waals surface area contributed by atoms with Crippen LogP contribution >= 0.6 is 15.9 Å². The first-order valence-electron chi connectivity index (χ1n) is 5.48. The number of hydrogen-bond donors (Lipinski definition) is 0. The largest absolute Gasteiger partial charge is 0.340 e. The van der Waals surface area contributed by atoms with Crippen molar-refractivity contribution in [2.45, 2.75) is 18.7 Å². The molecule has 0 heterocycles. The van der Waals surface area contributed by atoms with Crippen LogP contribution in [-0.4, -0.2) is 34.2 Å². The summed E-state index contributed by atoms with van der Waals surface area (Å²) in [7, 11) is 1.63. The molecule has 1 aromatic carbocycles. The summed E-state index contributed by atoms with van der Waals surface area (Å²) in [4.78, 5) is 24.3. The second kappa shape index (κ2) is 5.95. The smallest absolute Gasteiger partial charge is 0.285 e. The zero-order chi connectivity index (χ0) is 13.9. The van der Waals surface area contributed by atoms with Crippen molar-refractivity contribution in [3.8, 4) is 0 Å². The number of benzene rings is 1. The van der Waals surface area contributed by atoms with Crippen LogP contribution in [0.25, 0.3) is 0 Å². The third-order valence-corrected chi connectivity index (χ3v) is 2.81. The van der Waals surface area contributed by atoms with Gasteiger partial charge in [-0.3, -0.25) is 14.9 Å². The number of nitro benzene ring substituents is 1. The first kappa shape index (κ1) is 14.6. The molecule has 1 atom stereocenters. The number of para-hydroxylation sites is 1. The number of nitrogens with zero attached hydrogens (tertiary/aromatic N) is 2. The lowest BCUT2D eigenvalue weighted by molar-refractivity contribution is -0.385. The molecule has 0 spiro atoms. The predicted octanol–water partition coefficient (Wildman–Crippen LogP) is 2.76. The zero-order valence-corrected chi connectivity index (χ0v) is 12.1. The van der Waals surface area contributed by atoms with Crippen LogP contribution in [0, 0.1) is 17.0 Å². The quantitative estimate of drug-likeness (QED) is 0.487. The van der Waals surface area contributed by atoms with E-state index >= 15 is 0 Å². The highest BCUT2D eigenvalue weighted by Crippen LogP contribution is 2.24. The SMILES string of the molecule is Cc1cccc(C(=O)N(C)CC(C)Br)c1[N+](=O)[O-]. The molecule has 5 nitrogen and oxygen atoms in total. The average Bonchev–Trinajstić information content (AvgIpc) is 2.26. The molecule has 0 fully saturated rings. The number of halogens is 1.